The summed E-state index contributed by atoms with van der Waals surface area (Å²) in [5, 5.41) is 2.74. The second-order valence-electron chi connectivity index (χ2n) is 3.09. The van der Waals surface area contributed by atoms with Crippen LogP contribution in [0.2, 0.25) is 0 Å². The van der Waals surface area contributed by atoms with Gasteiger partial charge in [0.15, 0.2) is 0 Å². The Morgan fingerprint density at radius 2 is 2.33 bits per heavy atom. The van der Waals surface area contributed by atoms with Crippen molar-refractivity contribution in [3.05, 3.63) is 29.8 Å². The lowest BCUT2D eigenvalue weighted by Gasteiger charge is -2.05. The van der Waals surface area contributed by atoms with Gasteiger partial charge in [0.25, 0.3) is 0 Å². The maximum absolute atomic E-state index is 11.1. The topological polar surface area (TPSA) is 55.1 Å². The normalized spacial score (nSPS) is 10.0. The minimum absolute atomic E-state index is 0.0218. The van der Waals surface area contributed by atoms with Crippen LogP contribution in [0.3, 0.4) is 0 Å². The van der Waals surface area contributed by atoms with Crippen LogP contribution >= 0.6 is 11.8 Å². The van der Waals surface area contributed by atoms with E-state index in [2.05, 4.69) is 18.3 Å². The zero-order chi connectivity index (χ0) is 11.1. The van der Waals surface area contributed by atoms with Crippen LogP contribution in [0.5, 0.6) is 0 Å². The van der Waals surface area contributed by atoms with Crippen LogP contribution < -0.4 is 11.1 Å². The molecule has 0 aliphatic carbocycles. The molecule has 0 radical (unpaired) electrons. The second kappa shape index (κ2) is 6.48. The van der Waals surface area contributed by atoms with Gasteiger partial charge in [-0.1, -0.05) is 19.1 Å². The Kier molecular flexibility index (Phi) is 5.21. The first kappa shape index (κ1) is 12.1. The van der Waals surface area contributed by atoms with E-state index in [1.165, 1.54) is 5.56 Å². The number of benzene rings is 1. The summed E-state index contributed by atoms with van der Waals surface area (Å²) in [6.07, 6.45) is 0. The summed E-state index contributed by atoms with van der Waals surface area (Å²) < 4.78 is 0. The molecule has 0 atom stereocenters. The Morgan fingerprint density at radius 3 is 3.00 bits per heavy atom. The first-order chi connectivity index (χ1) is 7.26. The van der Waals surface area contributed by atoms with Crippen molar-refractivity contribution in [3.8, 4) is 0 Å². The molecule has 0 aliphatic heterocycles. The molecule has 0 spiro atoms. The quantitative estimate of drug-likeness (QED) is 0.802. The van der Waals surface area contributed by atoms with Gasteiger partial charge in [-0.3, -0.25) is 4.79 Å². The third kappa shape index (κ3) is 4.36. The maximum atomic E-state index is 11.1. The molecule has 0 fully saturated rings. The Balaban J connectivity index is 2.61. The van der Waals surface area contributed by atoms with Gasteiger partial charge in [0.2, 0.25) is 5.91 Å². The SMILES string of the molecule is CCSCc1cccc(NC(=O)CN)c1. The van der Waals surface area contributed by atoms with Crippen molar-refractivity contribution in [2.45, 2.75) is 12.7 Å². The standard InChI is InChI=1S/C11H16N2OS/c1-2-15-8-9-4-3-5-10(6-9)13-11(14)7-12/h3-6H,2,7-8,12H2,1H3,(H,13,14). The van der Waals surface area contributed by atoms with Gasteiger partial charge in [0.05, 0.1) is 6.54 Å². The largest absolute Gasteiger partial charge is 0.325 e. The van der Waals surface area contributed by atoms with Crippen molar-refractivity contribution in [2.75, 3.05) is 17.6 Å². The van der Waals surface area contributed by atoms with E-state index in [1.807, 2.05) is 30.0 Å². The molecule has 4 heteroatoms. The lowest BCUT2D eigenvalue weighted by molar-refractivity contribution is -0.114. The molecule has 82 valence electrons. The van der Waals surface area contributed by atoms with E-state index < -0.39 is 0 Å². The van der Waals surface area contributed by atoms with E-state index >= 15 is 0 Å². The molecule has 0 aromatic heterocycles. The number of amides is 1. The zero-order valence-corrected chi connectivity index (χ0v) is 9.64. The van der Waals surface area contributed by atoms with E-state index in [4.69, 9.17) is 5.73 Å². The van der Waals surface area contributed by atoms with E-state index in [1.54, 1.807) is 0 Å². The fourth-order valence-corrected chi connectivity index (χ4v) is 1.79. The number of nitrogens with one attached hydrogen (secondary N) is 1. The summed E-state index contributed by atoms with van der Waals surface area (Å²) in [4.78, 5) is 11.1. The van der Waals surface area contributed by atoms with Crippen molar-refractivity contribution in [1.82, 2.24) is 0 Å². The fourth-order valence-electron chi connectivity index (χ4n) is 1.17. The molecule has 3 N–H and O–H groups in total. The molecular weight excluding hydrogens is 208 g/mol. The van der Waals surface area contributed by atoms with Crippen molar-refractivity contribution in [1.29, 1.82) is 0 Å². The summed E-state index contributed by atoms with van der Waals surface area (Å²) in [5.41, 5.74) is 7.26. The fraction of sp³-hybridized carbons (Fsp3) is 0.364. The third-order valence-electron chi connectivity index (χ3n) is 1.87. The molecule has 0 unspecified atom stereocenters. The van der Waals surface area contributed by atoms with Gasteiger partial charge < -0.3 is 11.1 Å². The Hall–Kier alpha value is -1.00. The number of hydrogen-bond donors (Lipinski definition) is 2. The molecule has 0 saturated heterocycles. The van der Waals surface area contributed by atoms with E-state index in [9.17, 15) is 4.79 Å². The number of anilines is 1. The molecule has 0 aliphatic rings. The first-order valence-corrected chi connectivity index (χ1v) is 6.08. The van der Waals surface area contributed by atoms with E-state index in [0.29, 0.717) is 0 Å². The number of carbonyl (C=O) groups excluding carboxylic acids is 1. The number of hydrogen-bond acceptors (Lipinski definition) is 3. The molecule has 3 nitrogen and oxygen atoms in total. The monoisotopic (exact) mass is 224 g/mol. The predicted octanol–water partition coefficient (Wildman–Crippen LogP) is 1.84. The molecule has 0 heterocycles. The Morgan fingerprint density at radius 1 is 1.53 bits per heavy atom. The Bertz CT molecular complexity index is 328. The van der Waals surface area contributed by atoms with Gasteiger partial charge in [0, 0.05) is 11.4 Å². The summed E-state index contributed by atoms with van der Waals surface area (Å²) >= 11 is 1.86. The van der Waals surface area contributed by atoms with Crippen LogP contribution in [0.4, 0.5) is 5.69 Å². The molecule has 1 amide bonds. The van der Waals surface area contributed by atoms with Gasteiger partial charge in [-0.25, -0.2) is 0 Å². The minimum Gasteiger partial charge on any atom is -0.325 e. The van der Waals surface area contributed by atoms with Gasteiger partial charge in [-0.15, -0.1) is 0 Å². The van der Waals surface area contributed by atoms with Crippen molar-refractivity contribution >= 4 is 23.4 Å². The summed E-state index contributed by atoms with van der Waals surface area (Å²) in [5.74, 6) is 1.91. The second-order valence-corrected chi connectivity index (χ2v) is 4.36. The molecular formula is C11H16N2OS. The van der Waals surface area contributed by atoms with Crippen molar-refractivity contribution < 1.29 is 4.79 Å². The maximum Gasteiger partial charge on any atom is 0.238 e. The highest BCUT2D eigenvalue weighted by Gasteiger charge is 1.99. The van der Waals surface area contributed by atoms with Crippen molar-refractivity contribution in [3.63, 3.8) is 0 Å². The highest BCUT2D eigenvalue weighted by molar-refractivity contribution is 7.98. The Labute approximate surface area is 94.4 Å². The molecule has 1 aromatic carbocycles. The number of thioether (sulfide) groups is 1. The molecule has 0 saturated carbocycles. The van der Waals surface area contributed by atoms with Crippen LogP contribution in [-0.2, 0) is 10.5 Å². The lowest BCUT2D eigenvalue weighted by Crippen LogP contribution is -2.21. The van der Waals surface area contributed by atoms with Crippen LogP contribution in [-0.4, -0.2) is 18.2 Å². The van der Waals surface area contributed by atoms with E-state index in [0.717, 1.165) is 17.2 Å². The first-order valence-electron chi connectivity index (χ1n) is 4.93. The van der Waals surface area contributed by atoms with Crippen LogP contribution in [0.1, 0.15) is 12.5 Å². The molecule has 1 rings (SSSR count). The highest BCUT2D eigenvalue weighted by Crippen LogP contribution is 2.16. The van der Waals surface area contributed by atoms with Gasteiger partial charge in [-0.2, -0.15) is 11.8 Å². The average Bonchev–Trinajstić information content (AvgIpc) is 2.26. The predicted molar refractivity (Wildman–Crippen MR) is 66.0 cm³/mol. The van der Waals surface area contributed by atoms with Gasteiger partial charge in [-0.05, 0) is 23.4 Å². The smallest absolute Gasteiger partial charge is 0.238 e. The van der Waals surface area contributed by atoms with Crippen LogP contribution in [0.25, 0.3) is 0 Å². The van der Waals surface area contributed by atoms with E-state index in [-0.39, 0.29) is 12.5 Å². The lowest BCUT2D eigenvalue weighted by atomic mass is 10.2. The highest BCUT2D eigenvalue weighted by atomic mass is 32.2. The van der Waals surface area contributed by atoms with Gasteiger partial charge in [0.1, 0.15) is 0 Å². The number of nitrogens with two attached hydrogens (primary N) is 1. The van der Waals surface area contributed by atoms with Gasteiger partial charge >= 0.3 is 0 Å². The molecule has 0 bridgehead atoms. The summed E-state index contributed by atoms with van der Waals surface area (Å²) in [6.45, 7) is 2.15. The molecule has 1 aromatic rings. The zero-order valence-electron chi connectivity index (χ0n) is 8.82. The minimum atomic E-state index is -0.157. The molecule has 15 heavy (non-hydrogen) atoms. The summed E-state index contributed by atoms with van der Waals surface area (Å²) in [7, 11) is 0. The van der Waals surface area contributed by atoms with Crippen LogP contribution in [0, 0.1) is 0 Å². The van der Waals surface area contributed by atoms with Crippen molar-refractivity contribution in [2.24, 2.45) is 5.73 Å². The number of rotatable bonds is 5. The third-order valence-corrected chi connectivity index (χ3v) is 2.81. The average molecular weight is 224 g/mol. The van der Waals surface area contributed by atoms with Crippen LogP contribution in [0.15, 0.2) is 24.3 Å². The number of carbonyl (C=O) groups is 1. The summed E-state index contributed by atoms with van der Waals surface area (Å²) in [6, 6.07) is 7.85.